The van der Waals surface area contributed by atoms with E-state index in [1.807, 2.05) is 0 Å². The first kappa shape index (κ1) is 29.2. The Labute approximate surface area is 191 Å². The van der Waals surface area contributed by atoms with Gasteiger partial charge < -0.3 is 24.4 Å². The Morgan fingerprint density at radius 3 is 1.94 bits per heavy atom. The van der Waals surface area contributed by atoms with E-state index in [1.165, 1.54) is 52.1 Å². The van der Waals surface area contributed by atoms with Crippen molar-refractivity contribution in [1.82, 2.24) is 0 Å². The van der Waals surface area contributed by atoms with Crippen LogP contribution in [0.2, 0.25) is 0 Å². The molecule has 0 aromatic heterocycles. The number of unbranched alkanes of at least 4 members (excludes halogenated alkanes) is 10. The van der Waals surface area contributed by atoms with E-state index in [1.54, 1.807) is 0 Å². The van der Waals surface area contributed by atoms with Crippen molar-refractivity contribution < 1.29 is 46.4 Å². The molecule has 0 amide bonds. The quantitative estimate of drug-likeness (QED) is 0.160. The zero-order chi connectivity index (χ0) is 24.0. The highest BCUT2D eigenvalue weighted by molar-refractivity contribution is 7.80. The lowest BCUT2D eigenvalue weighted by Crippen LogP contribution is -2.60. The molecule has 1 rings (SSSR count). The Morgan fingerprint density at radius 1 is 0.906 bits per heavy atom. The summed E-state index contributed by atoms with van der Waals surface area (Å²) in [5.41, 5.74) is 0. The minimum absolute atomic E-state index is 0.201. The molecule has 0 aromatic carbocycles. The summed E-state index contributed by atoms with van der Waals surface area (Å²) in [5.74, 6) is -0.496. The number of hydrogen-bond donors (Lipinski definition) is 3. The van der Waals surface area contributed by atoms with Crippen molar-refractivity contribution in [3.8, 4) is 0 Å². The number of hydrogen-bond acceptors (Lipinski definition) is 9. The van der Waals surface area contributed by atoms with E-state index in [0.717, 1.165) is 19.3 Å². The molecule has 1 aliphatic heterocycles. The number of carbonyl (C=O) groups is 1. The first-order chi connectivity index (χ1) is 15.2. The highest BCUT2D eigenvalue weighted by atomic mass is 32.3. The maximum atomic E-state index is 12.0. The molecule has 0 aromatic rings. The van der Waals surface area contributed by atoms with Gasteiger partial charge in [-0.2, -0.15) is 8.42 Å². The topological polar surface area (TPSA) is 149 Å². The van der Waals surface area contributed by atoms with Gasteiger partial charge in [-0.15, -0.1) is 0 Å². The summed E-state index contributed by atoms with van der Waals surface area (Å²) in [4.78, 5) is 12.0. The van der Waals surface area contributed by atoms with Crippen LogP contribution in [0.5, 0.6) is 0 Å². The first-order valence-corrected chi connectivity index (χ1v) is 12.9. The van der Waals surface area contributed by atoms with Gasteiger partial charge in [0.1, 0.15) is 31.0 Å². The van der Waals surface area contributed by atoms with Gasteiger partial charge in [0, 0.05) is 13.5 Å². The zero-order valence-corrected chi connectivity index (χ0v) is 20.0. The molecule has 0 spiro atoms. The number of ether oxygens (including phenoxy) is 3. The van der Waals surface area contributed by atoms with Gasteiger partial charge in [0.25, 0.3) is 0 Å². The molecule has 1 saturated heterocycles. The van der Waals surface area contributed by atoms with Gasteiger partial charge >= 0.3 is 16.4 Å². The monoisotopic (exact) mass is 484 g/mol. The predicted molar refractivity (Wildman–Crippen MR) is 116 cm³/mol. The fourth-order valence-electron chi connectivity index (χ4n) is 3.67. The fourth-order valence-corrected chi connectivity index (χ4v) is 4.19. The summed E-state index contributed by atoms with van der Waals surface area (Å²) in [6, 6.07) is 0. The van der Waals surface area contributed by atoms with Crippen LogP contribution in [0.15, 0.2) is 0 Å². The molecule has 1 aliphatic rings. The summed E-state index contributed by atoms with van der Waals surface area (Å²) < 4.78 is 50.8. The van der Waals surface area contributed by atoms with Gasteiger partial charge in [0.05, 0.1) is 0 Å². The van der Waals surface area contributed by atoms with Crippen LogP contribution in [0.1, 0.15) is 84.0 Å². The molecule has 0 unspecified atom stereocenters. The van der Waals surface area contributed by atoms with E-state index in [9.17, 15) is 23.4 Å². The second-order valence-electron chi connectivity index (χ2n) is 8.22. The van der Waals surface area contributed by atoms with Crippen molar-refractivity contribution in [1.29, 1.82) is 0 Å². The van der Waals surface area contributed by atoms with Gasteiger partial charge in [-0.25, -0.2) is 4.18 Å². The van der Waals surface area contributed by atoms with Crippen LogP contribution in [0, 0.1) is 0 Å². The van der Waals surface area contributed by atoms with E-state index in [2.05, 4.69) is 11.1 Å². The van der Waals surface area contributed by atoms with Crippen LogP contribution in [0.4, 0.5) is 0 Å². The molecule has 1 heterocycles. The van der Waals surface area contributed by atoms with Crippen LogP contribution in [-0.2, 0) is 33.6 Å². The van der Waals surface area contributed by atoms with Crippen molar-refractivity contribution in [2.24, 2.45) is 0 Å². The number of methoxy groups -OCH3 is 1. The lowest BCUT2D eigenvalue weighted by atomic mass is 9.99. The summed E-state index contributed by atoms with van der Waals surface area (Å²) in [5, 5.41) is 20.0. The second-order valence-corrected chi connectivity index (χ2v) is 9.26. The predicted octanol–water partition coefficient (Wildman–Crippen LogP) is 2.51. The molecule has 190 valence electrons. The van der Waals surface area contributed by atoms with Gasteiger partial charge in [0.2, 0.25) is 0 Å². The normalized spacial score (nSPS) is 26.2. The highest BCUT2D eigenvalue weighted by Crippen LogP contribution is 2.25. The van der Waals surface area contributed by atoms with E-state index < -0.39 is 53.7 Å². The second kappa shape index (κ2) is 15.9. The van der Waals surface area contributed by atoms with Gasteiger partial charge in [-0.05, 0) is 6.42 Å². The van der Waals surface area contributed by atoms with Crippen LogP contribution >= 0.6 is 0 Å². The molecule has 0 aliphatic carbocycles. The van der Waals surface area contributed by atoms with E-state index in [-0.39, 0.29) is 6.42 Å². The number of carbonyl (C=O) groups excluding carboxylic acids is 1. The Hall–Kier alpha value is -0.820. The molecule has 11 heteroatoms. The molecule has 0 radical (unpaired) electrons. The fraction of sp³-hybridized carbons (Fsp3) is 0.952. The molecular weight excluding hydrogens is 444 g/mol. The van der Waals surface area contributed by atoms with Crippen molar-refractivity contribution in [2.75, 3.05) is 13.7 Å². The lowest BCUT2D eigenvalue weighted by molar-refractivity contribution is -0.291. The highest BCUT2D eigenvalue weighted by Gasteiger charge is 2.47. The molecule has 10 nitrogen and oxygen atoms in total. The third-order valence-corrected chi connectivity index (χ3v) is 5.96. The minimum atomic E-state index is -4.94. The maximum absolute atomic E-state index is 12.0. The average Bonchev–Trinajstić information content (AvgIpc) is 2.74. The van der Waals surface area contributed by atoms with E-state index in [4.69, 9.17) is 18.8 Å². The van der Waals surface area contributed by atoms with Crippen molar-refractivity contribution in [3.63, 3.8) is 0 Å². The zero-order valence-electron chi connectivity index (χ0n) is 19.2. The Kier molecular flexibility index (Phi) is 14.5. The van der Waals surface area contributed by atoms with E-state index in [0.29, 0.717) is 6.42 Å². The van der Waals surface area contributed by atoms with Crippen LogP contribution in [0.25, 0.3) is 0 Å². The first-order valence-electron chi connectivity index (χ1n) is 11.5. The third kappa shape index (κ3) is 11.9. The van der Waals surface area contributed by atoms with Gasteiger partial charge in [-0.1, -0.05) is 71.1 Å². The molecule has 3 N–H and O–H groups in total. The van der Waals surface area contributed by atoms with Crippen molar-refractivity contribution >= 4 is 16.4 Å². The summed E-state index contributed by atoms with van der Waals surface area (Å²) >= 11 is 0. The van der Waals surface area contributed by atoms with Gasteiger partial charge in [0.15, 0.2) is 6.29 Å². The average molecular weight is 485 g/mol. The lowest BCUT2D eigenvalue weighted by Gasteiger charge is -2.40. The number of rotatable bonds is 17. The maximum Gasteiger partial charge on any atom is 0.397 e. The number of esters is 1. The molecular formula is C21H40O10S. The standard InChI is InChI=1S/C21H40O10S/c1-3-4-5-6-7-8-9-10-11-12-13-14-17(22)29-15-16-20(31-32(25,26)27)18(23)19(24)21(28-2)30-16/h16,18-21,23-24H,3-15H2,1-2H3,(H,25,26,27)/t16-,18-,19-,20-,21+/m1/s1. The molecule has 0 bridgehead atoms. The molecule has 5 atom stereocenters. The number of aliphatic hydroxyl groups excluding tert-OH is 2. The molecule has 1 fully saturated rings. The summed E-state index contributed by atoms with van der Waals surface area (Å²) in [6.45, 7) is 1.78. The Balaban J connectivity index is 2.27. The SMILES string of the molecule is CCCCCCCCCCCCCC(=O)OC[C@H]1O[C@H](OC)[C@H](O)[C@@H](O)[C@@H]1OS(=O)(=O)O. The van der Waals surface area contributed by atoms with E-state index >= 15 is 0 Å². The van der Waals surface area contributed by atoms with Crippen molar-refractivity contribution in [3.05, 3.63) is 0 Å². The largest absolute Gasteiger partial charge is 0.463 e. The molecule has 32 heavy (non-hydrogen) atoms. The van der Waals surface area contributed by atoms with Crippen LogP contribution in [0.3, 0.4) is 0 Å². The minimum Gasteiger partial charge on any atom is -0.463 e. The summed E-state index contributed by atoms with van der Waals surface area (Å²) in [6.07, 6.45) is 5.36. The smallest absolute Gasteiger partial charge is 0.397 e. The number of aliphatic hydroxyl groups is 2. The van der Waals surface area contributed by atoms with Crippen LogP contribution in [-0.4, -0.2) is 73.6 Å². The summed E-state index contributed by atoms with van der Waals surface area (Å²) in [7, 11) is -3.72. The Morgan fingerprint density at radius 2 is 1.44 bits per heavy atom. The van der Waals surface area contributed by atoms with Crippen LogP contribution < -0.4 is 0 Å². The molecule has 0 saturated carbocycles. The third-order valence-electron chi connectivity index (χ3n) is 5.50. The van der Waals surface area contributed by atoms with Crippen molar-refractivity contribution in [2.45, 2.75) is 115 Å². The van der Waals surface area contributed by atoms with Gasteiger partial charge in [-0.3, -0.25) is 9.35 Å². The Bertz CT molecular complexity index is 612.